The van der Waals surface area contributed by atoms with Crippen LogP contribution in [0.25, 0.3) is 5.69 Å². The summed E-state index contributed by atoms with van der Waals surface area (Å²) in [6.45, 7) is 1.79. The summed E-state index contributed by atoms with van der Waals surface area (Å²) in [5.41, 5.74) is 1.72. The largest absolute Gasteiger partial charge is 0.311 e. The summed E-state index contributed by atoms with van der Waals surface area (Å²) in [6, 6.07) is 6.21. The van der Waals surface area contributed by atoms with Crippen LogP contribution in [0.4, 0.5) is 4.39 Å². The Hall–Kier alpha value is -1.75. The Morgan fingerprint density at radius 3 is 2.78 bits per heavy atom. The van der Waals surface area contributed by atoms with Gasteiger partial charge < -0.3 is 5.32 Å². The molecule has 4 nitrogen and oxygen atoms in total. The van der Waals surface area contributed by atoms with Crippen LogP contribution >= 0.6 is 0 Å². The maximum atomic E-state index is 12.8. The van der Waals surface area contributed by atoms with Gasteiger partial charge in [0.25, 0.3) is 0 Å². The Bertz CT molecular complexity index is 516. The second-order valence-corrected chi connectivity index (χ2v) is 4.71. The van der Waals surface area contributed by atoms with Gasteiger partial charge in [0, 0.05) is 6.54 Å². The first-order chi connectivity index (χ1) is 8.81. The van der Waals surface area contributed by atoms with Crippen molar-refractivity contribution in [3.05, 3.63) is 42.0 Å². The zero-order chi connectivity index (χ0) is 12.4. The molecule has 3 rings (SSSR count). The number of nitrogens with zero attached hydrogens (tertiary/aromatic N) is 3. The molecule has 0 atom stereocenters. The van der Waals surface area contributed by atoms with Gasteiger partial charge in [-0.3, -0.25) is 0 Å². The van der Waals surface area contributed by atoms with Crippen LogP contribution in [0.5, 0.6) is 0 Å². The fourth-order valence-electron chi connectivity index (χ4n) is 1.83. The SMILES string of the molecule is Fc1ccc(-n2cc(CNCC3CC3)nn2)cc1. The normalized spacial score (nSPS) is 14.9. The zero-order valence-corrected chi connectivity index (χ0v) is 10.0. The van der Waals surface area contributed by atoms with Crippen LogP contribution in [-0.2, 0) is 6.54 Å². The Morgan fingerprint density at radius 1 is 1.28 bits per heavy atom. The van der Waals surface area contributed by atoms with Crippen molar-refractivity contribution in [2.45, 2.75) is 19.4 Å². The summed E-state index contributed by atoms with van der Waals surface area (Å²) < 4.78 is 14.5. The van der Waals surface area contributed by atoms with Gasteiger partial charge in [-0.25, -0.2) is 9.07 Å². The van der Waals surface area contributed by atoms with Crippen LogP contribution in [0.2, 0.25) is 0 Å². The third-order valence-electron chi connectivity index (χ3n) is 3.07. The van der Waals surface area contributed by atoms with Crippen LogP contribution in [0.1, 0.15) is 18.5 Å². The molecule has 0 bridgehead atoms. The minimum Gasteiger partial charge on any atom is -0.311 e. The number of hydrogen-bond donors (Lipinski definition) is 1. The molecule has 5 heteroatoms. The predicted octanol–water partition coefficient (Wildman–Crippen LogP) is 1.91. The van der Waals surface area contributed by atoms with E-state index < -0.39 is 0 Å². The number of halogens is 1. The average Bonchev–Trinajstić information content (AvgIpc) is 3.08. The summed E-state index contributed by atoms with van der Waals surface area (Å²) in [7, 11) is 0. The zero-order valence-electron chi connectivity index (χ0n) is 10.0. The molecule has 1 aliphatic rings. The molecule has 1 heterocycles. The molecular weight excluding hydrogens is 231 g/mol. The maximum absolute atomic E-state index is 12.8. The fraction of sp³-hybridized carbons (Fsp3) is 0.385. The Kier molecular flexibility index (Phi) is 3.06. The monoisotopic (exact) mass is 246 g/mol. The molecule has 2 aromatic rings. The van der Waals surface area contributed by atoms with Crippen LogP contribution in [-0.4, -0.2) is 21.5 Å². The van der Waals surface area contributed by atoms with Crippen molar-refractivity contribution in [2.24, 2.45) is 5.92 Å². The van der Waals surface area contributed by atoms with E-state index in [1.54, 1.807) is 16.8 Å². The Labute approximate surface area is 105 Å². The molecule has 0 spiro atoms. The minimum absolute atomic E-state index is 0.245. The highest BCUT2D eigenvalue weighted by Gasteiger charge is 2.20. The van der Waals surface area contributed by atoms with Gasteiger partial charge in [0.05, 0.1) is 17.6 Å². The van der Waals surface area contributed by atoms with Crippen LogP contribution in [0, 0.1) is 11.7 Å². The Balaban J connectivity index is 1.62. The van der Waals surface area contributed by atoms with Gasteiger partial charge in [0.2, 0.25) is 0 Å². The van der Waals surface area contributed by atoms with Crippen molar-refractivity contribution in [3.63, 3.8) is 0 Å². The lowest BCUT2D eigenvalue weighted by Crippen LogP contribution is -2.16. The molecule has 0 radical (unpaired) electrons. The van der Waals surface area contributed by atoms with Crippen LogP contribution in [0.3, 0.4) is 0 Å². The van der Waals surface area contributed by atoms with Gasteiger partial charge in [-0.1, -0.05) is 5.21 Å². The number of nitrogens with one attached hydrogen (secondary N) is 1. The summed E-state index contributed by atoms with van der Waals surface area (Å²) in [5.74, 6) is 0.613. The van der Waals surface area contributed by atoms with Crippen molar-refractivity contribution in [1.82, 2.24) is 20.3 Å². The third-order valence-corrected chi connectivity index (χ3v) is 3.07. The highest BCUT2D eigenvalue weighted by molar-refractivity contribution is 5.30. The second kappa shape index (κ2) is 4.86. The number of benzene rings is 1. The van der Waals surface area contributed by atoms with E-state index in [2.05, 4.69) is 15.6 Å². The molecule has 0 aliphatic heterocycles. The second-order valence-electron chi connectivity index (χ2n) is 4.71. The smallest absolute Gasteiger partial charge is 0.123 e. The lowest BCUT2D eigenvalue weighted by molar-refractivity contribution is 0.626. The highest BCUT2D eigenvalue weighted by Crippen LogP contribution is 2.27. The average molecular weight is 246 g/mol. The van der Waals surface area contributed by atoms with Gasteiger partial charge in [-0.15, -0.1) is 5.10 Å². The number of hydrogen-bond acceptors (Lipinski definition) is 3. The summed E-state index contributed by atoms with van der Waals surface area (Å²) in [4.78, 5) is 0. The van der Waals surface area contributed by atoms with Gasteiger partial charge in [-0.05, 0) is 49.6 Å². The topological polar surface area (TPSA) is 42.7 Å². The van der Waals surface area contributed by atoms with E-state index in [4.69, 9.17) is 0 Å². The van der Waals surface area contributed by atoms with Crippen molar-refractivity contribution >= 4 is 0 Å². The summed E-state index contributed by atoms with van der Waals surface area (Å²) in [6.07, 6.45) is 4.55. The molecule has 1 aliphatic carbocycles. The minimum atomic E-state index is -0.245. The third kappa shape index (κ3) is 2.73. The van der Waals surface area contributed by atoms with E-state index in [1.165, 1.54) is 25.0 Å². The summed E-state index contributed by atoms with van der Waals surface area (Å²) >= 11 is 0. The molecular formula is C13H15FN4. The van der Waals surface area contributed by atoms with Crippen LogP contribution < -0.4 is 5.32 Å². The quantitative estimate of drug-likeness (QED) is 0.876. The standard InChI is InChI=1S/C13H15FN4/c14-11-3-5-13(6-4-11)18-9-12(16-17-18)8-15-7-10-1-2-10/h3-6,9-10,15H,1-2,7-8H2. The van der Waals surface area contributed by atoms with E-state index in [-0.39, 0.29) is 5.82 Å². The van der Waals surface area contributed by atoms with Crippen molar-refractivity contribution in [1.29, 1.82) is 0 Å². The molecule has 0 unspecified atom stereocenters. The van der Waals surface area contributed by atoms with Crippen molar-refractivity contribution in [2.75, 3.05) is 6.54 Å². The van der Waals surface area contributed by atoms with E-state index in [0.717, 1.165) is 30.4 Å². The highest BCUT2D eigenvalue weighted by atomic mass is 19.1. The number of aromatic nitrogens is 3. The van der Waals surface area contributed by atoms with Crippen molar-refractivity contribution < 1.29 is 4.39 Å². The predicted molar refractivity (Wildman–Crippen MR) is 65.7 cm³/mol. The molecule has 0 amide bonds. The Morgan fingerprint density at radius 2 is 2.06 bits per heavy atom. The lowest BCUT2D eigenvalue weighted by Gasteiger charge is -1.99. The first-order valence-corrected chi connectivity index (χ1v) is 6.19. The number of rotatable bonds is 5. The van der Waals surface area contributed by atoms with Gasteiger partial charge in [0.15, 0.2) is 0 Å². The van der Waals surface area contributed by atoms with E-state index in [9.17, 15) is 4.39 Å². The first-order valence-electron chi connectivity index (χ1n) is 6.19. The van der Waals surface area contributed by atoms with Crippen molar-refractivity contribution in [3.8, 4) is 5.69 Å². The lowest BCUT2D eigenvalue weighted by atomic mass is 10.3. The fourth-order valence-corrected chi connectivity index (χ4v) is 1.83. The first kappa shape index (κ1) is 11.3. The van der Waals surface area contributed by atoms with Gasteiger partial charge in [0.1, 0.15) is 5.82 Å². The summed E-state index contributed by atoms with van der Waals surface area (Å²) in [5, 5.41) is 11.5. The molecule has 1 aromatic carbocycles. The molecule has 1 N–H and O–H groups in total. The van der Waals surface area contributed by atoms with E-state index >= 15 is 0 Å². The van der Waals surface area contributed by atoms with Gasteiger partial charge >= 0.3 is 0 Å². The van der Waals surface area contributed by atoms with E-state index in [1.807, 2.05) is 6.20 Å². The molecule has 94 valence electrons. The van der Waals surface area contributed by atoms with E-state index in [0.29, 0.717) is 0 Å². The molecule has 1 fully saturated rings. The molecule has 1 saturated carbocycles. The van der Waals surface area contributed by atoms with Crippen LogP contribution in [0.15, 0.2) is 30.5 Å². The maximum Gasteiger partial charge on any atom is 0.123 e. The molecule has 0 saturated heterocycles. The van der Waals surface area contributed by atoms with Gasteiger partial charge in [-0.2, -0.15) is 0 Å². The molecule has 1 aromatic heterocycles. The molecule has 18 heavy (non-hydrogen) atoms.